The van der Waals surface area contributed by atoms with Gasteiger partial charge in [0.2, 0.25) is 11.8 Å². The SMILES string of the molecule is CCNC(=NCCN1C(=O)CCCC1=O)N(C)CCOc1ccccc1. The number of rotatable bonds is 8. The van der Waals surface area contributed by atoms with E-state index in [-0.39, 0.29) is 11.8 Å². The molecular weight excluding hydrogens is 332 g/mol. The summed E-state index contributed by atoms with van der Waals surface area (Å²) in [5.74, 6) is 1.39. The molecule has 2 rings (SSSR count). The van der Waals surface area contributed by atoms with E-state index in [2.05, 4.69) is 10.3 Å². The molecule has 0 saturated carbocycles. The van der Waals surface area contributed by atoms with E-state index in [0.29, 0.717) is 45.5 Å². The van der Waals surface area contributed by atoms with Crippen LogP contribution in [0.15, 0.2) is 35.3 Å². The predicted octanol–water partition coefficient (Wildman–Crippen LogP) is 1.50. The Morgan fingerprint density at radius 1 is 1.23 bits per heavy atom. The molecule has 1 aromatic rings. The molecule has 7 heteroatoms. The third-order valence-electron chi connectivity index (χ3n) is 4.10. The van der Waals surface area contributed by atoms with Crippen molar-refractivity contribution in [3.63, 3.8) is 0 Å². The van der Waals surface area contributed by atoms with Gasteiger partial charge in [-0.05, 0) is 25.5 Å². The van der Waals surface area contributed by atoms with Crippen molar-refractivity contribution in [1.29, 1.82) is 0 Å². The van der Waals surface area contributed by atoms with Crippen LogP contribution in [0.2, 0.25) is 0 Å². The Kier molecular flexibility index (Phi) is 7.92. The number of hydrogen-bond donors (Lipinski definition) is 1. The Morgan fingerprint density at radius 3 is 2.58 bits per heavy atom. The fourth-order valence-electron chi connectivity index (χ4n) is 2.70. The summed E-state index contributed by atoms with van der Waals surface area (Å²) in [7, 11) is 1.94. The van der Waals surface area contributed by atoms with Gasteiger partial charge in [-0.3, -0.25) is 19.5 Å². The van der Waals surface area contributed by atoms with Gasteiger partial charge in [0.15, 0.2) is 5.96 Å². The van der Waals surface area contributed by atoms with E-state index in [9.17, 15) is 9.59 Å². The Morgan fingerprint density at radius 2 is 1.92 bits per heavy atom. The molecule has 1 saturated heterocycles. The molecule has 142 valence electrons. The number of piperidine rings is 1. The lowest BCUT2D eigenvalue weighted by atomic mass is 10.1. The average Bonchev–Trinajstić information content (AvgIpc) is 2.64. The lowest BCUT2D eigenvalue weighted by Gasteiger charge is -2.25. The van der Waals surface area contributed by atoms with E-state index in [1.807, 2.05) is 49.2 Å². The molecule has 26 heavy (non-hydrogen) atoms. The number of aliphatic imine (C=N–C) groups is 1. The number of imide groups is 1. The van der Waals surface area contributed by atoms with Crippen LogP contribution in [-0.2, 0) is 9.59 Å². The van der Waals surface area contributed by atoms with Crippen molar-refractivity contribution in [2.24, 2.45) is 4.99 Å². The molecule has 1 aliphatic rings. The van der Waals surface area contributed by atoms with Gasteiger partial charge in [-0.25, -0.2) is 0 Å². The first-order valence-corrected chi connectivity index (χ1v) is 9.12. The summed E-state index contributed by atoms with van der Waals surface area (Å²) >= 11 is 0. The lowest BCUT2D eigenvalue weighted by Crippen LogP contribution is -2.43. The second-order valence-corrected chi connectivity index (χ2v) is 6.11. The van der Waals surface area contributed by atoms with Crippen LogP contribution in [0.1, 0.15) is 26.2 Å². The van der Waals surface area contributed by atoms with E-state index in [1.165, 1.54) is 4.90 Å². The normalized spacial score (nSPS) is 15.2. The molecule has 1 aliphatic heterocycles. The summed E-state index contributed by atoms with van der Waals surface area (Å²) in [4.78, 5) is 31.5. The van der Waals surface area contributed by atoms with Gasteiger partial charge in [0.05, 0.1) is 13.1 Å². The molecule has 1 fully saturated rings. The summed E-state index contributed by atoms with van der Waals surface area (Å²) < 4.78 is 5.71. The molecule has 0 aliphatic carbocycles. The standard InChI is InChI=1S/C19H28N4O3/c1-3-20-19(21-12-13-23-17(24)10-7-11-18(23)25)22(2)14-15-26-16-8-5-4-6-9-16/h4-6,8-9H,3,7,10-15H2,1-2H3,(H,20,21). The first kappa shape index (κ1) is 19.8. The van der Waals surface area contributed by atoms with Crippen molar-refractivity contribution in [1.82, 2.24) is 15.1 Å². The van der Waals surface area contributed by atoms with E-state index < -0.39 is 0 Å². The molecule has 1 heterocycles. The van der Waals surface area contributed by atoms with Gasteiger partial charge in [-0.2, -0.15) is 0 Å². The quantitative estimate of drug-likeness (QED) is 0.432. The Hall–Kier alpha value is -2.57. The molecule has 7 nitrogen and oxygen atoms in total. The number of carbonyl (C=O) groups is 2. The van der Waals surface area contributed by atoms with Crippen molar-refractivity contribution >= 4 is 17.8 Å². The van der Waals surface area contributed by atoms with Crippen LogP contribution in [0.25, 0.3) is 0 Å². The minimum Gasteiger partial charge on any atom is -0.492 e. The molecule has 0 spiro atoms. The molecule has 0 aromatic heterocycles. The van der Waals surface area contributed by atoms with Crippen LogP contribution in [0.4, 0.5) is 0 Å². The zero-order chi connectivity index (χ0) is 18.8. The maximum atomic E-state index is 11.8. The largest absolute Gasteiger partial charge is 0.492 e. The van der Waals surface area contributed by atoms with Gasteiger partial charge in [0.1, 0.15) is 12.4 Å². The van der Waals surface area contributed by atoms with Crippen molar-refractivity contribution < 1.29 is 14.3 Å². The number of guanidine groups is 1. The number of likely N-dealkylation sites (N-methyl/N-ethyl adjacent to an activating group) is 1. The Labute approximate surface area is 155 Å². The minimum absolute atomic E-state index is 0.0916. The molecule has 0 atom stereocenters. The zero-order valence-corrected chi connectivity index (χ0v) is 15.6. The zero-order valence-electron chi connectivity index (χ0n) is 15.6. The van der Waals surface area contributed by atoms with E-state index in [4.69, 9.17) is 4.74 Å². The molecule has 0 bridgehead atoms. The average molecular weight is 360 g/mol. The summed E-state index contributed by atoms with van der Waals surface area (Å²) in [6.07, 6.45) is 1.56. The highest BCUT2D eigenvalue weighted by atomic mass is 16.5. The monoisotopic (exact) mass is 360 g/mol. The second kappa shape index (κ2) is 10.4. The van der Waals surface area contributed by atoms with E-state index in [0.717, 1.165) is 18.3 Å². The number of hydrogen-bond acceptors (Lipinski definition) is 4. The number of para-hydroxylation sites is 1. The summed E-state index contributed by atoms with van der Waals surface area (Å²) in [5, 5.41) is 3.22. The van der Waals surface area contributed by atoms with Gasteiger partial charge < -0.3 is 15.0 Å². The minimum atomic E-state index is -0.0916. The van der Waals surface area contributed by atoms with Crippen molar-refractivity contribution in [3.8, 4) is 5.75 Å². The summed E-state index contributed by atoms with van der Waals surface area (Å²) in [6, 6.07) is 9.67. The van der Waals surface area contributed by atoms with Crippen LogP contribution in [-0.4, -0.2) is 67.4 Å². The Bertz CT molecular complexity index is 602. The predicted molar refractivity (Wildman–Crippen MR) is 101 cm³/mol. The van der Waals surface area contributed by atoms with Gasteiger partial charge in [-0.15, -0.1) is 0 Å². The fraction of sp³-hybridized carbons (Fsp3) is 0.526. The molecular formula is C19H28N4O3. The topological polar surface area (TPSA) is 74.2 Å². The smallest absolute Gasteiger partial charge is 0.229 e. The van der Waals surface area contributed by atoms with Crippen LogP contribution >= 0.6 is 0 Å². The van der Waals surface area contributed by atoms with Gasteiger partial charge in [0.25, 0.3) is 0 Å². The number of nitrogens with zero attached hydrogens (tertiary/aromatic N) is 3. The first-order chi connectivity index (χ1) is 12.6. The lowest BCUT2D eigenvalue weighted by molar-refractivity contribution is -0.147. The molecule has 0 unspecified atom stereocenters. The Balaban J connectivity index is 1.82. The van der Waals surface area contributed by atoms with Crippen molar-refractivity contribution in [2.75, 3.05) is 39.8 Å². The number of benzene rings is 1. The number of likely N-dealkylation sites (tertiary alicyclic amines) is 1. The van der Waals surface area contributed by atoms with Crippen LogP contribution in [0, 0.1) is 0 Å². The molecule has 1 aromatic carbocycles. The third-order valence-corrected chi connectivity index (χ3v) is 4.10. The molecule has 2 amide bonds. The van der Waals surface area contributed by atoms with Crippen molar-refractivity contribution in [3.05, 3.63) is 30.3 Å². The number of amides is 2. The summed E-state index contributed by atoms with van der Waals surface area (Å²) in [5.41, 5.74) is 0. The van der Waals surface area contributed by atoms with Gasteiger partial charge in [0, 0.05) is 33.0 Å². The maximum absolute atomic E-state index is 11.8. The highest BCUT2D eigenvalue weighted by Crippen LogP contribution is 2.11. The number of ether oxygens (including phenoxy) is 1. The molecule has 1 N–H and O–H groups in total. The van der Waals surface area contributed by atoms with Crippen molar-refractivity contribution in [2.45, 2.75) is 26.2 Å². The van der Waals surface area contributed by atoms with E-state index >= 15 is 0 Å². The number of carbonyl (C=O) groups excluding carboxylic acids is 2. The fourth-order valence-corrected chi connectivity index (χ4v) is 2.70. The van der Waals surface area contributed by atoms with Crippen LogP contribution in [0.3, 0.4) is 0 Å². The highest BCUT2D eigenvalue weighted by Gasteiger charge is 2.25. The first-order valence-electron chi connectivity index (χ1n) is 9.12. The highest BCUT2D eigenvalue weighted by molar-refractivity contribution is 5.97. The third kappa shape index (κ3) is 6.06. The second-order valence-electron chi connectivity index (χ2n) is 6.11. The van der Waals surface area contributed by atoms with Crippen LogP contribution in [0.5, 0.6) is 5.75 Å². The van der Waals surface area contributed by atoms with Gasteiger partial charge >= 0.3 is 0 Å². The number of nitrogens with one attached hydrogen (secondary N) is 1. The molecule has 0 radical (unpaired) electrons. The maximum Gasteiger partial charge on any atom is 0.229 e. The van der Waals surface area contributed by atoms with E-state index in [1.54, 1.807) is 0 Å². The van der Waals surface area contributed by atoms with Crippen LogP contribution < -0.4 is 10.1 Å². The van der Waals surface area contributed by atoms with Gasteiger partial charge in [-0.1, -0.05) is 18.2 Å². The summed E-state index contributed by atoms with van der Waals surface area (Å²) in [6.45, 7) is 4.67.